The second kappa shape index (κ2) is 9.93. The maximum atomic E-state index is 12.4. The number of hydrogen-bond acceptors (Lipinski definition) is 4. The minimum Gasteiger partial charge on any atom is -0.497 e. The molecule has 0 aliphatic carbocycles. The molecular weight excluding hydrogens is 306 g/mol. The first kappa shape index (κ1) is 20.0. The predicted octanol–water partition coefficient (Wildman–Crippen LogP) is 1.50. The summed E-state index contributed by atoms with van der Waals surface area (Å²) in [4.78, 5) is 27.7. The van der Waals surface area contributed by atoms with E-state index >= 15 is 0 Å². The van der Waals surface area contributed by atoms with E-state index in [1.807, 2.05) is 49.9 Å². The van der Waals surface area contributed by atoms with Gasteiger partial charge in [-0.05, 0) is 38.1 Å². The van der Waals surface area contributed by atoms with Crippen molar-refractivity contribution in [3.63, 3.8) is 0 Å². The van der Waals surface area contributed by atoms with Gasteiger partial charge in [-0.1, -0.05) is 19.1 Å². The summed E-state index contributed by atoms with van der Waals surface area (Å²) < 4.78 is 5.20. The molecule has 0 aliphatic heterocycles. The maximum Gasteiger partial charge on any atom is 0.236 e. The molecule has 0 bridgehead atoms. The number of methoxy groups -OCH3 is 1. The van der Waals surface area contributed by atoms with E-state index < -0.39 is 0 Å². The van der Waals surface area contributed by atoms with Crippen LogP contribution in [-0.4, -0.2) is 61.4 Å². The predicted molar refractivity (Wildman–Crippen MR) is 94.9 cm³/mol. The van der Waals surface area contributed by atoms with Gasteiger partial charge in [-0.3, -0.25) is 14.5 Å². The average molecular weight is 335 g/mol. The summed E-state index contributed by atoms with van der Waals surface area (Å²) in [5, 5.41) is 2.84. The van der Waals surface area contributed by atoms with Gasteiger partial charge < -0.3 is 15.0 Å². The number of carbonyl (C=O) groups is 2. The number of ether oxygens (including phenoxy) is 1. The van der Waals surface area contributed by atoms with Gasteiger partial charge in [0.1, 0.15) is 5.75 Å². The van der Waals surface area contributed by atoms with Gasteiger partial charge in [0.15, 0.2) is 0 Å². The third kappa shape index (κ3) is 7.00. The highest BCUT2D eigenvalue weighted by Crippen LogP contribution is 2.14. The lowest BCUT2D eigenvalue weighted by Crippen LogP contribution is -2.44. The molecule has 6 nitrogen and oxygen atoms in total. The van der Waals surface area contributed by atoms with Crippen molar-refractivity contribution < 1.29 is 14.3 Å². The zero-order chi connectivity index (χ0) is 18.1. The largest absolute Gasteiger partial charge is 0.497 e. The van der Waals surface area contributed by atoms with E-state index in [1.54, 1.807) is 19.1 Å². The summed E-state index contributed by atoms with van der Waals surface area (Å²) in [6, 6.07) is 7.75. The van der Waals surface area contributed by atoms with Crippen molar-refractivity contribution in [2.24, 2.45) is 0 Å². The van der Waals surface area contributed by atoms with Crippen LogP contribution in [0.2, 0.25) is 0 Å². The Kier molecular flexibility index (Phi) is 8.26. The molecular formula is C18H29N3O3. The Labute approximate surface area is 144 Å². The van der Waals surface area contributed by atoms with E-state index in [2.05, 4.69) is 5.32 Å². The van der Waals surface area contributed by atoms with Gasteiger partial charge in [-0.25, -0.2) is 0 Å². The Morgan fingerprint density at radius 3 is 2.54 bits per heavy atom. The van der Waals surface area contributed by atoms with E-state index in [0.29, 0.717) is 13.1 Å². The molecule has 0 aliphatic rings. The Morgan fingerprint density at radius 1 is 1.25 bits per heavy atom. The van der Waals surface area contributed by atoms with E-state index in [9.17, 15) is 9.59 Å². The number of carbonyl (C=O) groups excluding carboxylic acids is 2. The molecule has 0 heterocycles. The molecule has 1 aromatic rings. The van der Waals surface area contributed by atoms with Crippen molar-refractivity contribution in [3.8, 4) is 5.75 Å². The molecule has 24 heavy (non-hydrogen) atoms. The highest BCUT2D eigenvalue weighted by molar-refractivity contribution is 5.81. The first-order chi connectivity index (χ1) is 11.3. The van der Waals surface area contributed by atoms with Crippen LogP contribution in [0, 0.1) is 0 Å². The Bertz CT molecular complexity index is 546. The summed E-state index contributed by atoms with van der Waals surface area (Å²) in [6.45, 7) is 7.38. The van der Waals surface area contributed by atoms with Gasteiger partial charge in [0, 0.05) is 19.6 Å². The number of benzene rings is 1. The molecule has 1 N–H and O–H groups in total. The Hall–Kier alpha value is -2.08. The standard InChI is InChI=1S/C18H29N3O3/c1-6-21(12-17(22)19-14(2)3)13-18(23)20(4)11-15-8-7-9-16(10-15)24-5/h7-10,14H,6,11-13H2,1-5H3,(H,19,22). The third-order valence-corrected chi connectivity index (χ3v) is 3.60. The van der Waals surface area contributed by atoms with Gasteiger partial charge in [0.2, 0.25) is 11.8 Å². The summed E-state index contributed by atoms with van der Waals surface area (Å²) >= 11 is 0. The van der Waals surface area contributed by atoms with Crippen molar-refractivity contribution in [3.05, 3.63) is 29.8 Å². The topological polar surface area (TPSA) is 61.9 Å². The Balaban J connectivity index is 2.55. The summed E-state index contributed by atoms with van der Waals surface area (Å²) in [7, 11) is 3.39. The maximum absolute atomic E-state index is 12.4. The van der Waals surface area contributed by atoms with Crippen LogP contribution in [0.15, 0.2) is 24.3 Å². The molecule has 0 spiro atoms. The quantitative estimate of drug-likeness (QED) is 0.743. The smallest absolute Gasteiger partial charge is 0.236 e. The molecule has 0 saturated heterocycles. The molecule has 0 atom stereocenters. The van der Waals surface area contributed by atoms with Gasteiger partial charge in [0.25, 0.3) is 0 Å². The van der Waals surface area contributed by atoms with E-state index in [0.717, 1.165) is 11.3 Å². The average Bonchev–Trinajstić information content (AvgIpc) is 2.53. The number of nitrogens with one attached hydrogen (secondary N) is 1. The third-order valence-electron chi connectivity index (χ3n) is 3.60. The molecule has 134 valence electrons. The highest BCUT2D eigenvalue weighted by Gasteiger charge is 2.16. The van der Waals surface area contributed by atoms with E-state index in [-0.39, 0.29) is 30.9 Å². The normalized spacial score (nSPS) is 10.8. The molecule has 0 aromatic heterocycles. The summed E-state index contributed by atoms with van der Waals surface area (Å²) in [5.41, 5.74) is 1.01. The zero-order valence-corrected chi connectivity index (χ0v) is 15.3. The highest BCUT2D eigenvalue weighted by atomic mass is 16.5. The minimum atomic E-state index is -0.0601. The molecule has 1 rings (SSSR count). The van der Waals surface area contributed by atoms with Crippen molar-refractivity contribution in [1.82, 2.24) is 15.1 Å². The van der Waals surface area contributed by atoms with E-state index in [4.69, 9.17) is 4.74 Å². The molecule has 1 aromatic carbocycles. The zero-order valence-electron chi connectivity index (χ0n) is 15.3. The second-order valence-electron chi connectivity index (χ2n) is 6.13. The number of nitrogens with zero attached hydrogens (tertiary/aromatic N) is 2. The van der Waals surface area contributed by atoms with Gasteiger partial charge >= 0.3 is 0 Å². The number of hydrogen-bond donors (Lipinski definition) is 1. The molecule has 0 saturated carbocycles. The van der Waals surface area contributed by atoms with Crippen molar-refractivity contribution in [2.75, 3.05) is 33.8 Å². The first-order valence-corrected chi connectivity index (χ1v) is 8.24. The van der Waals surface area contributed by atoms with Crippen molar-refractivity contribution in [1.29, 1.82) is 0 Å². The van der Waals surface area contributed by atoms with Crippen LogP contribution >= 0.6 is 0 Å². The first-order valence-electron chi connectivity index (χ1n) is 8.24. The number of rotatable bonds is 9. The Morgan fingerprint density at radius 2 is 1.96 bits per heavy atom. The van der Waals surface area contributed by atoms with Crippen LogP contribution in [0.5, 0.6) is 5.75 Å². The molecule has 0 fully saturated rings. The summed E-state index contributed by atoms with van der Waals surface area (Å²) in [5.74, 6) is 0.695. The molecule has 0 radical (unpaired) electrons. The minimum absolute atomic E-state index is 0.0167. The van der Waals surface area contributed by atoms with Crippen LogP contribution in [0.1, 0.15) is 26.3 Å². The molecule has 6 heteroatoms. The van der Waals surface area contributed by atoms with Crippen LogP contribution in [0.3, 0.4) is 0 Å². The second-order valence-corrected chi connectivity index (χ2v) is 6.13. The van der Waals surface area contributed by atoms with Crippen molar-refractivity contribution >= 4 is 11.8 Å². The van der Waals surface area contributed by atoms with Crippen LogP contribution in [-0.2, 0) is 16.1 Å². The van der Waals surface area contributed by atoms with Gasteiger partial charge in [-0.15, -0.1) is 0 Å². The van der Waals surface area contributed by atoms with Crippen molar-refractivity contribution in [2.45, 2.75) is 33.4 Å². The lowest BCUT2D eigenvalue weighted by molar-refractivity contribution is -0.132. The lowest BCUT2D eigenvalue weighted by atomic mass is 10.2. The fourth-order valence-electron chi connectivity index (χ4n) is 2.30. The molecule has 0 unspecified atom stereocenters. The van der Waals surface area contributed by atoms with Crippen LogP contribution in [0.4, 0.5) is 0 Å². The lowest BCUT2D eigenvalue weighted by Gasteiger charge is -2.24. The fourth-order valence-corrected chi connectivity index (χ4v) is 2.30. The van der Waals surface area contributed by atoms with Crippen LogP contribution < -0.4 is 10.1 Å². The summed E-state index contributed by atoms with van der Waals surface area (Å²) in [6.07, 6.45) is 0. The number of likely N-dealkylation sites (N-methyl/N-ethyl adjacent to an activating group) is 2. The number of amides is 2. The molecule has 2 amide bonds. The van der Waals surface area contributed by atoms with Gasteiger partial charge in [-0.2, -0.15) is 0 Å². The SMILES string of the molecule is CCN(CC(=O)NC(C)C)CC(=O)N(C)Cc1cccc(OC)c1. The fraction of sp³-hybridized carbons (Fsp3) is 0.556. The van der Waals surface area contributed by atoms with E-state index in [1.165, 1.54) is 0 Å². The van der Waals surface area contributed by atoms with Gasteiger partial charge in [0.05, 0.1) is 20.2 Å². The monoisotopic (exact) mass is 335 g/mol. The van der Waals surface area contributed by atoms with Crippen LogP contribution in [0.25, 0.3) is 0 Å².